The lowest BCUT2D eigenvalue weighted by Crippen LogP contribution is -2.00. The van der Waals surface area contributed by atoms with E-state index in [9.17, 15) is 4.39 Å². The quantitative estimate of drug-likeness (QED) is 0.674. The highest BCUT2D eigenvalue weighted by Crippen LogP contribution is 2.41. The zero-order valence-electron chi connectivity index (χ0n) is 14.8. The molecule has 1 heterocycles. The highest BCUT2D eigenvalue weighted by molar-refractivity contribution is 5.68. The van der Waals surface area contributed by atoms with Crippen molar-refractivity contribution in [2.45, 2.75) is 0 Å². The molecule has 26 heavy (non-hydrogen) atoms. The fourth-order valence-electron chi connectivity index (χ4n) is 2.64. The first-order valence-corrected chi connectivity index (χ1v) is 7.67. The monoisotopic (exact) mass is 359 g/mol. The Morgan fingerprint density at radius 3 is 2.04 bits per heavy atom. The summed E-state index contributed by atoms with van der Waals surface area (Å²) >= 11 is 0. The summed E-state index contributed by atoms with van der Waals surface area (Å²) in [6.07, 6.45) is 1.50. The van der Waals surface area contributed by atoms with Crippen LogP contribution in [0.5, 0.6) is 23.0 Å². The Balaban J connectivity index is 2.13. The molecule has 0 spiro atoms. The molecule has 3 rings (SSSR count). The average molecular weight is 359 g/mol. The number of nitrogens with zero attached hydrogens (tertiary/aromatic N) is 3. The molecule has 0 N–H and O–H groups in total. The van der Waals surface area contributed by atoms with Gasteiger partial charge >= 0.3 is 0 Å². The van der Waals surface area contributed by atoms with Gasteiger partial charge in [-0.05, 0) is 24.3 Å². The van der Waals surface area contributed by atoms with Crippen molar-refractivity contribution in [3.05, 3.63) is 42.5 Å². The predicted octanol–water partition coefficient (Wildman–Crippen LogP) is 3.11. The molecule has 0 aliphatic carbocycles. The van der Waals surface area contributed by atoms with Gasteiger partial charge in [0.2, 0.25) is 5.75 Å². The van der Waals surface area contributed by atoms with Crippen molar-refractivity contribution >= 4 is 0 Å². The van der Waals surface area contributed by atoms with Crippen LogP contribution in [0, 0.1) is 5.82 Å². The molecule has 0 unspecified atom stereocenters. The van der Waals surface area contributed by atoms with Gasteiger partial charge in [0.05, 0.1) is 34.1 Å². The van der Waals surface area contributed by atoms with Crippen LogP contribution in [0.3, 0.4) is 0 Å². The molecule has 3 aromatic rings. The molecule has 7 nitrogen and oxygen atoms in total. The fourth-order valence-corrected chi connectivity index (χ4v) is 2.64. The number of rotatable bonds is 6. The second kappa shape index (κ2) is 7.30. The number of hydrogen-bond donors (Lipinski definition) is 0. The van der Waals surface area contributed by atoms with Crippen LogP contribution in [0.4, 0.5) is 4.39 Å². The number of aromatic nitrogens is 3. The van der Waals surface area contributed by atoms with Crippen molar-refractivity contribution in [1.82, 2.24) is 14.8 Å². The van der Waals surface area contributed by atoms with Gasteiger partial charge in [0.25, 0.3) is 0 Å². The maximum absolute atomic E-state index is 14.1. The van der Waals surface area contributed by atoms with Crippen LogP contribution >= 0.6 is 0 Å². The lowest BCUT2D eigenvalue weighted by molar-refractivity contribution is 0.324. The zero-order chi connectivity index (χ0) is 18.7. The summed E-state index contributed by atoms with van der Waals surface area (Å²) in [5.41, 5.74) is 1.23. The van der Waals surface area contributed by atoms with E-state index in [2.05, 4.69) is 10.2 Å². The van der Waals surface area contributed by atoms with Crippen LogP contribution < -0.4 is 18.9 Å². The van der Waals surface area contributed by atoms with Crippen LogP contribution in [0.1, 0.15) is 0 Å². The second-order valence-corrected chi connectivity index (χ2v) is 5.26. The minimum absolute atomic E-state index is 0.163. The van der Waals surface area contributed by atoms with E-state index in [0.717, 1.165) is 0 Å². The Labute approximate surface area is 149 Å². The standard InChI is InChI=1S/C18H18FN3O4/c1-23-14-6-5-12(9-13(14)19)22-10-20-21-18(22)11-7-15(24-2)17(26-4)16(8-11)25-3/h5-10H,1-4H3. The summed E-state index contributed by atoms with van der Waals surface area (Å²) in [5.74, 6) is 1.62. The average Bonchev–Trinajstić information content (AvgIpc) is 3.16. The molecule has 0 amide bonds. The molecule has 0 aliphatic rings. The molecular formula is C18H18FN3O4. The third-order valence-electron chi connectivity index (χ3n) is 3.88. The molecule has 0 radical (unpaired) electrons. The Hall–Kier alpha value is -3.29. The lowest BCUT2D eigenvalue weighted by Gasteiger charge is -2.14. The first-order chi connectivity index (χ1) is 12.6. The van der Waals surface area contributed by atoms with Crippen molar-refractivity contribution in [2.24, 2.45) is 0 Å². The molecule has 2 aromatic carbocycles. The normalized spacial score (nSPS) is 10.5. The first-order valence-electron chi connectivity index (χ1n) is 7.67. The topological polar surface area (TPSA) is 67.6 Å². The van der Waals surface area contributed by atoms with Crippen LogP contribution in [0.15, 0.2) is 36.7 Å². The van der Waals surface area contributed by atoms with Gasteiger partial charge < -0.3 is 18.9 Å². The van der Waals surface area contributed by atoms with Crippen LogP contribution in [-0.4, -0.2) is 43.2 Å². The lowest BCUT2D eigenvalue weighted by atomic mass is 10.1. The van der Waals surface area contributed by atoms with Crippen molar-refractivity contribution in [1.29, 1.82) is 0 Å². The SMILES string of the molecule is COc1ccc(-n2cnnc2-c2cc(OC)c(OC)c(OC)c2)cc1F. The summed E-state index contributed by atoms with van der Waals surface area (Å²) in [4.78, 5) is 0. The largest absolute Gasteiger partial charge is 0.494 e. The summed E-state index contributed by atoms with van der Waals surface area (Å²) in [5, 5.41) is 8.10. The first kappa shape index (κ1) is 17.5. The molecule has 0 saturated heterocycles. The summed E-state index contributed by atoms with van der Waals surface area (Å²) in [6.45, 7) is 0. The fraction of sp³-hybridized carbons (Fsp3) is 0.222. The van der Waals surface area contributed by atoms with E-state index in [1.807, 2.05) is 0 Å². The smallest absolute Gasteiger partial charge is 0.203 e. The highest BCUT2D eigenvalue weighted by Gasteiger charge is 2.18. The molecule has 136 valence electrons. The Morgan fingerprint density at radius 2 is 1.50 bits per heavy atom. The van der Waals surface area contributed by atoms with Gasteiger partial charge in [0.15, 0.2) is 28.9 Å². The third-order valence-corrected chi connectivity index (χ3v) is 3.88. The van der Waals surface area contributed by atoms with Crippen LogP contribution in [-0.2, 0) is 0 Å². The van der Waals surface area contributed by atoms with E-state index in [0.29, 0.717) is 34.3 Å². The van der Waals surface area contributed by atoms with Gasteiger partial charge in [0.1, 0.15) is 6.33 Å². The van der Waals surface area contributed by atoms with E-state index in [4.69, 9.17) is 18.9 Å². The Morgan fingerprint density at radius 1 is 0.846 bits per heavy atom. The zero-order valence-corrected chi connectivity index (χ0v) is 14.8. The molecule has 0 aliphatic heterocycles. The molecule has 0 bridgehead atoms. The third kappa shape index (κ3) is 3.01. The van der Waals surface area contributed by atoms with Gasteiger partial charge in [-0.15, -0.1) is 10.2 Å². The minimum Gasteiger partial charge on any atom is -0.494 e. The second-order valence-electron chi connectivity index (χ2n) is 5.26. The number of benzene rings is 2. The van der Waals surface area contributed by atoms with Crippen LogP contribution in [0.25, 0.3) is 17.1 Å². The van der Waals surface area contributed by atoms with E-state index < -0.39 is 5.82 Å². The number of ether oxygens (including phenoxy) is 4. The van der Waals surface area contributed by atoms with E-state index in [-0.39, 0.29) is 5.75 Å². The minimum atomic E-state index is -0.477. The van der Waals surface area contributed by atoms with E-state index in [1.54, 1.807) is 28.8 Å². The maximum Gasteiger partial charge on any atom is 0.203 e. The molecule has 0 fully saturated rings. The van der Waals surface area contributed by atoms with Crippen molar-refractivity contribution in [3.63, 3.8) is 0 Å². The van der Waals surface area contributed by atoms with Crippen LogP contribution in [0.2, 0.25) is 0 Å². The van der Waals surface area contributed by atoms with Crippen molar-refractivity contribution < 1.29 is 23.3 Å². The Bertz CT molecular complexity index is 902. The molecule has 0 atom stereocenters. The highest BCUT2D eigenvalue weighted by atomic mass is 19.1. The molecule has 0 saturated carbocycles. The Kier molecular flexibility index (Phi) is 4.92. The van der Waals surface area contributed by atoms with Gasteiger partial charge in [0, 0.05) is 11.6 Å². The molecular weight excluding hydrogens is 341 g/mol. The molecule has 8 heteroatoms. The number of methoxy groups -OCH3 is 4. The van der Waals surface area contributed by atoms with Gasteiger partial charge in [-0.1, -0.05) is 0 Å². The summed E-state index contributed by atoms with van der Waals surface area (Å²) < 4.78 is 36.8. The summed E-state index contributed by atoms with van der Waals surface area (Å²) in [7, 11) is 6.01. The number of halogens is 1. The van der Waals surface area contributed by atoms with Gasteiger partial charge in [-0.25, -0.2) is 4.39 Å². The van der Waals surface area contributed by atoms with Crippen molar-refractivity contribution in [2.75, 3.05) is 28.4 Å². The van der Waals surface area contributed by atoms with Gasteiger partial charge in [-0.2, -0.15) is 0 Å². The van der Waals surface area contributed by atoms with Crippen molar-refractivity contribution in [3.8, 4) is 40.1 Å². The van der Waals surface area contributed by atoms with Gasteiger partial charge in [-0.3, -0.25) is 4.57 Å². The number of hydrogen-bond acceptors (Lipinski definition) is 6. The van der Waals surface area contributed by atoms with E-state index in [1.165, 1.54) is 40.8 Å². The molecule has 1 aromatic heterocycles. The maximum atomic E-state index is 14.1. The predicted molar refractivity (Wildman–Crippen MR) is 93.0 cm³/mol. The van der Waals surface area contributed by atoms with E-state index >= 15 is 0 Å². The summed E-state index contributed by atoms with van der Waals surface area (Å²) in [6, 6.07) is 8.11.